The zero-order chi connectivity index (χ0) is 177. The molecule has 0 aliphatic rings. The third-order valence-electron chi connectivity index (χ3n) is 24.6. The van der Waals surface area contributed by atoms with Crippen LogP contribution < -0.4 is 0 Å². The summed E-state index contributed by atoms with van der Waals surface area (Å²) in [5.74, 6) is 0. The average molecular weight is 2000 g/mol. The maximum absolute atomic E-state index is 9.70. The number of fused-ring (bicyclic) bond motifs is 23. The molecule has 0 N–H and O–H groups in total. The van der Waals surface area contributed by atoms with E-state index in [1.54, 1.807) is 0 Å². The molecule has 32 rings (SSSR count). The van der Waals surface area contributed by atoms with Crippen LogP contribution in [0.2, 0.25) is 0 Å². The van der Waals surface area contributed by atoms with Crippen molar-refractivity contribution in [3.8, 4) is 100 Å². The molecule has 0 aliphatic heterocycles. The Morgan fingerprint density at radius 3 is 0.647 bits per heavy atom. The van der Waals surface area contributed by atoms with Crippen LogP contribution in [0.5, 0.6) is 0 Å². The van der Waals surface area contributed by atoms with E-state index in [1.165, 1.54) is 0 Å². The van der Waals surface area contributed by atoms with Crippen molar-refractivity contribution < 1.29 is 141 Å². The SMILES string of the molecule is [2H]c1c([2H])c([2H])c(-c2c([2H])c([2H])c(-c3c4c([2H])c([2H])c([2H])c([2H])c4c(-c4c([2H])c([2H])c([2H])c5oc6c([2H])c([2H])c([2H])c([2H])c6c45)c4c([2H])c([2H])c([2H])c([2H])c34)c3c([2H])c([2H])c([2H])c([2H])c23)c([2H])c1[2H].[2H]c1c([2H])c([2H])c(-c2c3c([2H])c([2H])c([2H])c([2H])c3c(-c3c([2H])c([2H])c([2H])c4oc5c([2H])c([2H])c([2H])c([2H])c5c34)c3c([2H])c([2H])c([2H])c([2H])c23)c([2H])c1[2H].[2H]c1c([2H])c([2H])c2c(oc3c([2H])c([2H])c([2H])c(-c4c5c([2H])c([2H])c([2H])c([2H])c5c(-c5c([2H])c([2H])c([2H])c6c([2H])c([2H])c([2H])c([2H])c56)c5c([2H])c([2H])c([2H])c([2H])c45)c32)c1[2H].[2H]c1c([2H])c([2H])c2c(oc3c([2H])c([2H])c([2H])c(-c4c5c([2H])c([2H])c([2H])c([2H])c5c(-c5c([2H])c([2H])c6c([2H])c([2H])c([2H])c([2H])c6c5[2H])c5c([2H])c([2H])c([2H])c([2H])c45)c32)c1[2H]. The lowest BCUT2D eigenvalue weighted by atomic mass is 9.83. The largest absolute Gasteiger partial charge is 0.456 e. The molecular formula is C146H90O4. The summed E-state index contributed by atoms with van der Waals surface area (Å²) in [6, 6.07) is -77.8. The van der Waals surface area contributed by atoms with Gasteiger partial charge in [0.05, 0.1) is 123 Å². The second-order valence-electron chi connectivity index (χ2n) is 32.3. The molecule has 0 spiro atoms. The van der Waals surface area contributed by atoms with Gasteiger partial charge in [-0.1, -0.05) is 489 Å². The molecule has 4 heteroatoms. The Bertz CT molecular complexity index is 16700. The first-order chi connectivity index (χ1) is 112. The van der Waals surface area contributed by atoms with Gasteiger partial charge in [0, 0.05) is 43.1 Å². The number of furan rings is 4. The van der Waals surface area contributed by atoms with Gasteiger partial charge in [0.25, 0.3) is 0 Å². The molecule has 28 aromatic carbocycles. The van der Waals surface area contributed by atoms with Crippen LogP contribution in [0.25, 0.3) is 306 Å². The van der Waals surface area contributed by atoms with E-state index in [9.17, 15) is 31.5 Å². The van der Waals surface area contributed by atoms with Gasteiger partial charge < -0.3 is 17.7 Å². The van der Waals surface area contributed by atoms with E-state index in [4.69, 9.17) is 110 Å². The summed E-state index contributed by atoms with van der Waals surface area (Å²) in [5.41, 5.74) is -15.9. The molecule has 4 heterocycles. The summed E-state index contributed by atoms with van der Waals surface area (Å²) in [6.45, 7) is 0. The molecule has 0 bridgehead atoms. The van der Waals surface area contributed by atoms with Crippen LogP contribution in [-0.2, 0) is 0 Å². The first kappa shape index (κ1) is 35.3. The first-order valence-electron chi connectivity index (χ1n) is 89.1. The number of hydrogen-bond donors (Lipinski definition) is 0. The molecule has 4 nitrogen and oxygen atoms in total. The summed E-state index contributed by atoms with van der Waals surface area (Å²) in [6.07, 6.45) is 0. The molecular weight excluding hydrogens is 1820 g/mol. The van der Waals surface area contributed by atoms with Crippen LogP contribution in [0.15, 0.2) is 561 Å². The minimum absolute atomic E-state index is 0.388. The number of hydrogen-bond acceptors (Lipinski definition) is 4. The van der Waals surface area contributed by atoms with E-state index in [1.807, 2.05) is 0 Å². The maximum Gasteiger partial charge on any atom is 0.136 e. The van der Waals surface area contributed by atoms with Gasteiger partial charge >= 0.3 is 0 Å². The van der Waals surface area contributed by atoms with Crippen molar-refractivity contribution in [1.82, 2.24) is 0 Å². The van der Waals surface area contributed by atoms with E-state index < -0.39 is 845 Å². The van der Waals surface area contributed by atoms with Crippen molar-refractivity contribution in [1.29, 1.82) is 0 Å². The molecule has 4 aromatic heterocycles. The van der Waals surface area contributed by atoms with Crippen molar-refractivity contribution in [2.24, 2.45) is 0 Å². The number of para-hydroxylation sites is 4. The van der Waals surface area contributed by atoms with Crippen molar-refractivity contribution in [2.75, 3.05) is 0 Å². The fraction of sp³-hybridized carbons (Fsp3) is 0. The highest BCUT2D eigenvalue weighted by Gasteiger charge is 2.28. The first-order valence-corrected chi connectivity index (χ1v) is 44.1. The number of rotatable bonds is 9. The molecule has 0 saturated heterocycles. The summed E-state index contributed by atoms with van der Waals surface area (Å²) in [4.78, 5) is 0. The van der Waals surface area contributed by atoms with Crippen LogP contribution in [0, 0.1) is 0 Å². The van der Waals surface area contributed by atoms with Crippen molar-refractivity contribution in [3.63, 3.8) is 0 Å². The predicted molar refractivity (Wildman–Crippen MR) is 636 cm³/mol. The van der Waals surface area contributed by atoms with Gasteiger partial charge in [0.15, 0.2) is 0 Å². The number of benzene rings is 28. The molecule has 0 atom stereocenters. The Balaban J connectivity index is 0.000000134. The molecule has 150 heavy (non-hydrogen) atoms. The predicted octanol–water partition coefficient (Wildman–Crippen LogP) is 42.0. The zero-order valence-corrected chi connectivity index (χ0v) is 74.6. The fourth-order valence-electron chi connectivity index (χ4n) is 18.7. The van der Waals surface area contributed by atoms with Crippen LogP contribution in [-0.4, -0.2) is 0 Å². The van der Waals surface area contributed by atoms with E-state index in [0.717, 1.165) is 0 Å². The maximum atomic E-state index is 9.70. The highest BCUT2D eigenvalue weighted by atomic mass is 16.3. The minimum Gasteiger partial charge on any atom is -0.456 e. The zero-order valence-electron chi connectivity index (χ0n) is 165. The second-order valence-corrected chi connectivity index (χ2v) is 32.3. The molecule has 0 fully saturated rings. The highest BCUT2D eigenvalue weighted by Crippen LogP contribution is 2.55. The van der Waals surface area contributed by atoms with Gasteiger partial charge in [0.2, 0.25) is 0 Å². The van der Waals surface area contributed by atoms with Crippen LogP contribution in [0.3, 0.4) is 0 Å². The fourth-order valence-corrected chi connectivity index (χ4v) is 18.7. The molecule has 0 saturated carbocycles. The molecule has 698 valence electrons. The van der Waals surface area contributed by atoms with E-state index in [2.05, 4.69) is 0 Å². The smallest absolute Gasteiger partial charge is 0.136 e. The minimum atomic E-state index is -1.07. The van der Waals surface area contributed by atoms with Gasteiger partial charge in [-0.2, -0.15) is 0 Å². The quantitative estimate of drug-likeness (QED) is 0.135. The van der Waals surface area contributed by atoms with E-state index in [-0.39, 0.29) is 5.39 Å². The summed E-state index contributed by atoms with van der Waals surface area (Å²) in [7, 11) is 0. The lowest BCUT2D eigenvalue weighted by Crippen LogP contribution is -1.92. The Hall–Kier alpha value is -19.8. The Morgan fingerprint density at radius 1 is 0.107 bits per heavy atom. The van der Waals surface area contributed by atoms with Crippen LogP contribution in [0.1, 0.15) is 123 Å². The average Bonchev–Trinajstić information content (AvgIpc) is 1.14. The Labute approximate surface area is 990 Å². The van der Waals surface area contributed by atoms with Gasteiger partial charge in [-0.15, -0.1) is 0 Å². The van der Waals surface area contributed by atoms with Crippen LogP contribution in [0.4, 0.5) is 0 Å². The summed E-state index contributed by atoms with van der Waals surface area (Å²) < 4.78 is 818. The van der Waals surface area contributed by atoms with E-state index >= 15 is 0 Å². The van der Waals surface area contributed by atoms with E-state index in [0.29, 0.717) is 0 Å². The van der Waals surface area contributed by atoms with Gasteiger partial charge in [-0.3, -0.25) is 0 Å². The monoisotopic (exact) mass is 2000 g/mol. The standard InChI is InChI=1S/C42H26O.2C36H22O.C32H20O/c1-2-13-27(14-3-1)28-25-26-35(30-16-5-4-15-29(28)30)40-31-17-6-8-19-33(31)41(34-20-9-7-18-32(34)40)37-22-12-24-39-42(37)36-21-10-11-23-38(36)43-39;1-2-13-24-23(11-1)12-9-19-25(24)34-26-14-3-5-16-28(26)35(29-17-6-4-15-27(29)34)31-20-10-22-33-36(31)30-18-7-8-21-32(30)37-33;1-2-11-24-22-25(21-20-23(24)10-1)34-26-12-3-5-14-28(26)35(29-15-6-4-13-27(29)34)31-17-9-19-33-36(31)30-16-7-8-18-32(30)37-33;1-2-11-21(12-3-1)30-22-13-4-6-15-24(22)31(25-16-7-5-14-23(25)30)27-18-10-20-29-32(27)26-17-8-9-19-28(26)33-29/h1-26H;2*1-22H;1-20H/i1D,2D,3D,4D,5D,6D,7D,8D,9D,10D,11D,12D,13D,14D,15D,16D,17D,18D,19D,20D,21D,22D,23D,24D,25D,26D;2*1D,2D,3D,4D,5D,6D,7D,8D,9D,10D,11D,12D,13D,14D,15D,16D,17D,18D,19D,20D,21D,22D;1D,2D,3D,4D,5D,6D,7D,8D,9D,10D,11D,12D,13D,14D,15D,16D,17D,18D,19D,20D. The molecule has 32 aromatic rings. The molecule has 0 aliphatic carbocycles. The third-order valence-corrected chi connectivity index (χ3v) is 24.6. The summed E-state index contributed by atoms with van der Waals surface area (Å²) in [5, 5.41) is -17.4. The molecule has 0 radical (unpaired) electrons. The second kappa shape index (κ2) is 36.2. The molecule has 0 amide bonds. The lowest BCUT2D eigenvalue weighted by Gasteiger charge is -2.20. The van der Waals surface area contributed by atoms with Crippen molar-refractivity contribution in [2.45, 2.75) is 0 Å². The third kappa shape index (κ3) is 14.3. The Kier molecular flexibility index (Phi) is 8.52. The topological polar surface area (TPSA) is 52.6 Å². The molecule has 0 unspecified atom stereocenters. The van der Waals surface area contributed by atoms with Crippen molar-refractivity contribution in [3.05, 3.63) is 544 Å². The van der Waals surface area contributed by atoms with Gasteiger partial charge in [-0.25, -0.2) is 0 Å². The summed E-state index contributed by atoms with van der Waals surface area (Å²) >= 11 is 0. The van der Waals surface area contributed by atoms with Crippen molar-refractivity contribution >= 4 is 206 Å². The Morgan fingerprint density at radius 2 is 0.313 bits per heavy atom. The van der Waals surface area contributed by atoms with Crippen LogP contribution >= 0.6 is 0 Å². The lowest BCUT2D eigenvalue weighted by molar-refractivity contribution is 0.668. The highest BCUT2D eigenvalue weighted by molar-refractivity contribution is 6.33. The van der Waals surface area contributed by atoms with Gasteiger partial charge in [-0.05, 0) is 273 Å². The van der Waals surface area contributed by atoms with Gasteiger partial charge in [0.1, 0.15) is 44.7 Å². The normalized spacial score (nSPS) is 20.1.